The van der Waals surface area contributed by atoms with Gasteiger partial charge in [0, 0.05) is 73.3 Å². The van der Waals surface area contributed by atoms with Crippen molar-refractivity contribution < 1.29 is 28.8 Å². The van der Waals surface area contributed by atoms with Gasteiger partial charge in [0.15, 0.2) is 11.9 Å². The van der Waals surface area contributed by atoms with Crippen LogP contribution in [0.2, 0.25) is 5.02 Å². The molecule has 6 fully saturated rings. The Morgan fingerprint density at radius 2 is 1.93 bits per heavy atom. The second-order valence-corrected chi connectivity index (χ2v) is 13.3. The van der Waals surface area contributed by atoms with E-state index in [1.165, 1.54) is 5.69 Å². The highest BCUT2D eigenvalue weighted by atomic mass is 35.5. The standard InChI is InChI=1S/C31H40ClN3O6/c1-19-4-7-24-20(2)28(38-29-31(24)23(19)8-11-30(3,39-29)40-41-31)37-27(36)10-13-34-14-16-35(17-15-34)26-9-12-33-25-18-21(32)5-6-22(25)26/h5-6,9,12,18-20,23-24,28-29H,4,7-8,10-11,13-17H2,1-3H3/t19-,20-,23+,24+,28+,29?,30+,31?/m1/s1. The van der Waals surface area contributed by atoms with E-state index in [0.29, 0.717) is 23.9 Å². The third kappa shape index (κ3) is 4.82. The van der Waals surface area contributed by atoms with Crippen molar-refractivity contribution in [3.05, 3.63) is 35.5 Å². The first-order chi connectivity index (χ1) is 19.8. The normalized spacial score (nSPS) is 38.9. The fourth-order valence-corrected chi connectivity index (χ4v) is 8.21. The number of hydrogen-bond acceptors (Lipinski definition) is 9. The molecule has 222 valence electrons. The summed E-state index contributed by atoms with van der Waals surface area (Å²) in [6, 6.07) is 7.92. The van der Waals surface area contributed by atoms with Crippen LogP contribution in [0.5, 0.6) is 0 Å². The van der Waals surface area contributed by atoms with Crippen LogP contribution < -0.4 is 4.90 Å². The number of nitrogens with zero attached hydrogens (tertiary/aromatic N) is 3. The van der Waals surface area contributed by atoms with Gasteiger partial charge in [0.05, 0.1) is 11.9 Å². The number of aromatic nitrogens is 1. The molecular weight excluding hydrogens is 546 g/mol. The summed E-state index contributed by atoms with van der Waals surface area (Å²) in [6.07, 6.45) is 4.72. The van der Waals surface area contributed by atoms with E-state index in [0.717, 1.165) is 62.8 Å². The molecule has 8 rings (SSSR count). The van der Waals surface area contributed by atoms with E-state index in [9.17, 15) is 4.79 Å². The first kappa shape index (κ1) is 27.8. The SMILES string of the molecule is C[C@H]1[C@@H](OC(=O)CCN2CCN(c3ccnc4cc(Cl)ccc34)CC2)OC2O[C@]3(C)CC[C@H]4[C@H](C)CC[C@@H]1C24OO3. The largest absolute Gasteiger partial charge is 0.435 e. The van der Waals surface area contributed by atoms with Crippen molar-refractivity contribution in [1.82, 2.24) is 9.88 Å². The number of carbonyl (C=O) groups is 1. The van der Waals surface area contributed by atoms with Crippen molar-refractivity contribution in [2.75, 3.05) is 37.6 Å². The molecule has 1 saturated carbocycles. The molecule has 1 aliphatic carbocycles. The van der Waals surface area contributed by atoms with E-state index in [4.69, 9.17) is 35.6 Å². The molecule has 5 saturated heterocycles. The van der Waals surface area contributed by atoms with E-state index in [1.54, 1.807) is 0 Å². The number of ether oxygens (including phenoxy) is 3. The smallest absolute Gasteiger partial charge is 0.309 e. The molecule has 0 N–H and O–H groups in total. The number of rotatable bonds is 5. The first-order valence-electron chi connectivity index (χ1n) is 15.2. The van der Waals surface area contributed by atoms with Gasteiger partial charge in [-0.2, -0.15) is 0 Å². The highest BCUT2D eigenvalue weighted by Gasteiger charge is 2.69. The summed E-state index contributed by atoms with van der Waals surface area (Å²) in [4.78, 5) is 34.3. The van der Waals surface area contributed by atoms with Gasteiger partial charge in [0.2, 0.25) is 12.1 Å². The molecule has 0 amide bonds. The number of fused-ring (bicyclic) bond motifs is 3. The monoisotopic (exact) mass is 585 g/mol. The lowest BCUT2D eigenvalue weighted by molar-refractivity contribution is -0.576. The zero-order chi connectivity index (χ0) is 28.4. The van der Waals surface area contributed by atoms with Crippen LogP contribution in [0.1, 0.15) is 52.9 Å². The predicted octanol–water partition coefficient (Wildman–Crippen LogP) is 5.15. The summed E-state index contributed by atoms with van der Waals surface area (Å²) in [6.45, 7) is 10.5. The Morgan fingerprint density at radius 3 is 2.76 bits per heavy atom. The average molecular weight is 586 g/mol. The lowest BCUT2D eigenvalue weighted by Crippen LogP contribution is -2.70. The van der Waals surface area contributed by atoms with E-state index in [2.05, 4.69) is 34.7 Å². The lowest BCUT2D eigenvalue weighted by atomic mass is 9.58. The minimum Gasteiger partial charge on any atom is -0.435 e. The van der Waals surface area contributed by atoms with Gasteiger partial charge in [0.25, 0.3) is 0 Å². The van der Waals surface area contributed by atoms with Gasteiger partial charge >= 0.3 is 5.97 Å². The minimum absolute atomic E-state index is 0.0199. The van der Waals surface area contributed by atoms with E-state index < -0.39 is 24.0 Å². The van der Waals surface area contributed by atoms with E-state index in [1.807, 2.05) is 31.3 Å². The highest BCUT2D eigenvalue weighted by Crippen LogP contribution is 2.60. The first-order valence-corrected chi connectivity index (χ1v) is 15.5. The fourth-order valence-electron chi connectivity index (χ4n) is 8.04. The molecule has 6 aliphatic rings. The summed E-state index contributed by atoms with van der Waals surface area (Å²) in [5.41, 5.74) is 1.42. The highest BCUT2D eigenvalue weighted by molar-refractivity contribution is 6.31. The Morgan fingerprint density at radius 1 is 1.10 bits per heavy atom. The summed E-state index contributed by atoms with van der Waals surface area (Å²) in [5, 5.41) is 1.79. The van der Waals surface area contributed by atoms with Crippen molar-refractivity contribution in [2.24, 2.45) is 23.7 Å². The molecule has 10 heteroatoms. The van der Waals surface area contributed by atoms with Crippen LogP contribution in [0.3, 0.4) is 0 Å². The van der Waals surface area contributed by atoms with Gasteiger partial charge < -0.3 is 19.1 Å². The van der Waals surface area contributed by atoms with Crippen LogP contribution in [0.4, 0.5) is 5.69 Å². The maximum absolute atomic E-state index is 13.1. The number of piperazine rings is 1. The van der Waals surface area contributed by atoms with Crippen LogP contribution in [-0.2, 0) is 28.8 Å². The Hall–Kier alpha value is -2.01. The molecular formula is C31H40ClN3O6. The second kappa shape index (κ2) is 10.6. The molecule has 5 aliphatic heterocycles. The topological polar surface area (TPSA) is 82.6 Å². The molecule has 6 heterocycles. The number of hydrogen-bond donors (Lipinski definition) is 0. The zero-order valence-corrected chi connectivity index (χ0v) is 24.8. The third-order valence-electron chi connectivity index (χ3n) is 10.4. The van der Waals surface area contributed by atoms with Crippen LogP contribution in [0, 0.1) is 23.7 Å². The van der Waals surface area contributed by atoms with Crippen LogP contribution in [-0.4, -0.2) is 72.5 Å². The second-order valence-electron chi connectivity index (χ2n) is 12.8. The van der Waals surface area contributed by atoms with Crippen molar-refractivity contribution >= 4 is 34.2 Å². The van der Waals surface area contributed by atoms with Crippen LogP contribution >= 0.6 is 11.6 Å². The quantitative estimate of drug-likeness (QED) is 0.349. The van der Waals surface area contributed by atoms with E-state index in [-0.39, 0.29) is 23.7 Å². The Labute approximate surface area is 246 Å². The number of pyridine rings is 1. The minimum atomic E-state index is -0.843. The number of halogens is 1. The van der Waals surface area contributed by atoms with E-state index >= 15 is 0 Å². The summed E-state index contributed by atoms with van der Waals surface area (Å²) < 4.78 is 18.8. The fraction of sp³-hybridized carbons (Fsp3) is 0.677. The maximum Gasteiger partial charge on any atom is 0.309 e. The molecule has 0 radical (unpaired) electrons. The molecule has 2 bridgehead atoms. The number of benzene rings is 1. The maximum atomic E-state index is 13.1. The van der Waals surface area contributed by atoms with Gasteiger partial charge in [-0.3, -0.25) is 14.7 Å². The van der Waals surface area contributed by atoms with Crippen molar-refractivity contribution in [2.45, 2.75) is 76.8 Å². The molecule has 41 heavy (non-hydrogen) atoms. The Bertz CT molecular complexity index is 1310. The molecule has 8 atom stereocenters. The van der Waals surface area contributed by atoms with Crippen LogP contribution in [0.25, 0.3) is 10.9 Å². The summed E-state index contributed by atoms with van der Waals surface area (Å²) >= 11 is 6.17. The summed E-state index contributed by atoms with van der Waals surface area (Å²) in [7, 11) is 0. The average Bonchev–Trinajstić information content (AvgIpc) is 3.20. The van der Waals surface area contributed by atoms with Gasteiger partial charge in [-0.15, -0.1) is 0 Å². The third-order valence-corrected chi connectivity index (χ3v) is 10.6. The molecule has 1 spiro atoms. The number of carbonyl (C=O) groups excluding carboxylic acids is 1. The molecule has 9 nitrogen and oxygen atoms in total. The molecule has 1 aromatic heterocycles. The number of anilines is 1. The number of esters is 1. The zero-order valence-electron chi connectivity index (χ0n) is 24.1. The van der Waals surface area contributed by atoms with Gasteiger partial charge in [-0.05, 0) is 62.3 Å². The van der Waals surface area contributed by atoms with Gasteiger partial charge in [-0.1, -0.05) is 25.4 Å². The van der Waals surface area contributed by atoms with Crippen molar-refractivity contribution in [3.8, 4) is 0 Å². The molecule has 2 unspecified atom stereocenters. The Balaban J connectivity index is 0.956. The summed E-state index contributed by atoms with van der Waals surface area (Å²) in [5.74, 6) is -0.182. The molecule has 1 aromatic carbocycles. The Kier molecular flexibility index (Phi) is 7.20. The predicted molar refractivity (Wildman–Crippen MR) is 153 cm³/mol. The van der Waals surface area contributed by atoms with Crippen molar-refractivity contribution in [1.29, 1.82) is 0 Å². The lowest BCUT2D eigenvalue weighted by Gasteiger charge is -2.59. The van der Waals surface area contributed by atoms with Crippen LogP contribution in [0.15, 0.2) is 30.5 Å². The van der Waals surface area contributed by atoms with Gasteiger partial charge in [-0.25, -0.2) is 9.78 Å². The van der Waals surface area contributed by atoms with Crippen molar-refractivity contribution in [3.63, 3.8) is 0 Å². The van der Waals surface area contributed by atoms with Gasteiger partial charge in [0.1, 0.15) is 0 Å². The molecule has 2 aromatic rings.